The lowest BCUT2D eigenvalue weighted by molar-refractivity contribution is 0.532. The fraction of sp³-hybridized carbons (Fsp3) is 0.333. The third-order valence-corrected chi connectivity index (χ3v) is 49.0. The molecule has 0 saturated carbocycles. The van der Waals surface area contributed by atoms with Crippen molar-refractivity contribution in [2.75, 3.05) is 12.3 Å². The average molecular weight is 901 g/mol. The Hall–Kier alpha value is -2.10. The Morgan fingerprint density at radius 1 is 0.267 bits per heavy atom. The topological polar surface area (TPSA) is 0 Å². The van der Waals surface area contributed by atoms with Gasteiger partial charge in [0.2, 0.25) is 0 Å². The summed E-state index contributed by atoms with van der Waals surface area (Å²) in [5, 5.41) is 8.12. The van der Waals surface area contributed by atoms with Gasteiger partial charge in [-0.3, -0.25) is 0 Å². The zero-order valence-electron chi connectivity index (χ0n) is 35.7. The molecule has 6 aromatic carbocycles. The maximum atomic E-state index is 2.56. The van der Waals surface area contributed by atoms with Crippen LogP contribution in [0.4, 0.5) is 0 Å². The fourth-order valence-corrected chi connectivity index (χ4v) is 59.9. The van der Waals surface area contributed by atoms with Crippen LogP contribution in [0.1, 0.15) is 103 Å². The van der Waals surface area contributed by atoms with Gasteiger partial charge in [0.15, 0.2) is 0 Å². The fourth-order valence-electron chi connectivity index (χ4n) is 8.32. The molecule has 1 aliphatic heterocycles. The van der Waals surface area contributed by atoms with E-state index in [1.807, 2.05) is 0 Å². The molecule has 0 N–H and O–H groups in total. The number of rotatable bonds is 6. The zero-order valence-corrected chi connectivity index (χ0v) is 41.2. The van der Waals surface area contributed by atoms with Gasteiger partial charge in [0, 0.05) is 0 Å². The van der Waals surface area contributed by atoms with Crippen LogP contribution < -0.4 is 26.5 Å². The van der Waals surface area contributed by atoms with Crippen LogP contribution in [0.25, 0.3) is 11.1 Å². The molecular weight excluding hydrogens is 834 g/mol. The minimum absolute atomic E-state index is 0.411. The Balaban J connectivity index is 1.36. The van der Waals surface area contributed by atoms with Crippen LogP contribution in [0, 0.1) is 0 Å². The third-order valence-electron chi connectivity index (χ3n) is 11.6. The number of hydrogen-bond donors (Lipinski definition) is 0. The minimum Gasteiger partial charge on any atom is -0.0862 e. The largest absolute Gasteiger partial charge is 0.0862 e. The number of hydrogen-bond acceptors (Lipinski definition) is 0. The molecule has 0 aliphatic carbocycles. The number of benzene rings is 6. The Kier molecular flexibility index (Phi) is 20.3. The summed E-state index contributed by atoms with van der Waals surface area (Å²) in [6.45, 7) is 0. The summed E-state index contributed by atoms with van der Waals surface area (Å²) in [4.78, 5) is 0. The van der Waals surface area contributed by atoms with Crippen molar-refractivity contribution in [2.24, 2.45) is 0 Å². The van der Waals surface area contributed by atoms with E-state index in [9.17, 15) is 0 Å². The van der Waals surface area contributed by atoms with Gasteiger partial charge in [-0.1, -0.05) is 274 Å². The van der Waals surface area contributed by atoms with E-state index in [1.165, 1.54) is 126 Å². The van der Waals surface area contributed by atoms with E-state index >= 15 is 0 Å². The molecule has 1 heterocycles. The van der Waals surface area contributed by atoms with E-state index in [-0.39, 0.29) is 0 Å². The van der Waals surface area contributed by atoms with E-state index in [0.29, 0.717) is 0 Å². The molecule has 6 unspecified atom stereocenters. The van der Waals surface area contributed by atoms with Gasteiger partial charge in [0.25, 0.3) is 0 Å². The summed E-state index contributed by atoms with van der Waals surface area (Å²) >= 11 is 0. The van der Waals surface area contributed by atoms with Crippen molar-refractivity contribution < 1.29 is 0 Å². The molecule has 312 valence electrons. The summed E-state index contributed by atoms with van der Waals surface area (Å²) in [5.41, 5.74) is 2.64. The molecule has 6 aromatic rings. The molecule has 0 bridgehead atoms. The molecule has 1 fully saturated rings. The highest BCUT2D eigenvalue weighted by atomic mass is 32.8. The van der Waals surface area contributed by atoms with Gasteiger partial charge in [0.05, 0.1) is 0 Å². The predicted octanol–water partition coefficient (Wildman–Crippen LogP) is 17.2. The van der Waals surface area contributed by atoms with Crippen LogP contribution in [0.15, 0.2) is 176 Å². The molecule has 0 amide bonds. The van der Waals surface area contributed by atoms with Crippen molar-refractivity contribution in [3.63, 3.8) is 0 Å². The van der Waals surface area contributed by atoms with Crippen LogP contribution in [0.5, 0.6) is 0 Å². The van der Waals surface area contributed by atoms with Gasteiger partial charge in [-0.25, -0.2) is 0 Å². The summed E-state index contributed by atoms with van der Waals surface area (Å²) in [6.07, 6.45) is 25.2. The first-order valence-electron chi connectivity index (χ1n) is 22.9. The first-order chi connectivity index (χ1) is 29.9. The van der Waals surface area contributed by atoms with Crippen LogP contribution in [0.2, 0.25) is 0 Å². The Bertz CT molecular complexity index is 2010. The molecule has 6 atom stereocenters. The van der Waals surface area contributed by atoms with E-state index in [1.54, 1.807) is 26.5 Å². The van der Waals surface area contributed by atoms with Crippen LogP contribution in [-0.4, -0.2) is 12.3 Å². The van der Waals surface area contributed by atoms with Crippen molar-refractivity contribution in [2.45, 2.75) is 103 Å². The van der Waals surface area contributed by atoms with Gasteiger partial charge >= 0.3 is 0 Å². The standard InChI is InChI=1S/C54H66P6/c1-2-4-6-8-10-12-14-31-47-56(50-44-42-49(43-45-50)48-32-20-15-21-33-48)58(52-36-24-17-25-37-52)60(54-40-28-19-29-41-54)59(53-38-26-18-27-39-53)57(51-34-22-16-23-35-51)55-46-30-13-11-9-7-5-3-1/h15-29,32-45,55H,1-14,30-31,46-47H2. The van der Waals surface area contributed by atoms with Crippen LogP contribution >= 0.6 is 45.1 Å². The van der Waals surface area contributed by atoms with Crippen molar-refractivity contribution in [1.82, 2.24) is 0 Å². The van der Waals surface area contributed by atoms with E-state index in [2.05, 4.69) is 176 Å². The Morgan fingerprint density at radius 3 is 1.08 bits per heavy atom. The minimum atomic E-state index is -0.579. The first-order valence-corrected chi connectivity index (χ1v) is 34.7. The van der Waals surface area contributed by atoms with Crippen molar-refractivity contribution in [1.29, 1.82) is 0 Å². The van der Waals surface area contributed by atoms with Crippen molar-refractivity contribution in [3.8, 4) is 11.1 Å². The highest BCUT2D eigenvalue weighted by molar-refractivity contribution is 8.95. The summed E-state index contributed by atoms with van der Waals surface area (Å²) in [6, 6.07) is 69.0. The van der Waals surface area contributed by atoms with Crippen LogP contribution in [0.3, 0.4) is 0 Å². The summed E-state index contributed by atoms with van der Waals surface area (Å²) < 4.78 is 0. The average Bonchev–Trinajstić information content (AvgIpc) is 3.32. The monoisotopic (exact) mass is 900 g/mol. The molecule has 0 aromatic heterocycles. The van der Waals surface area contributed by atoms with Gasteiger partial charge in [-0.15, -0.1) is 0 Å². The second-order valence-corrected chi connectivity index (χ2v) is 39.2. The van der Waals surface area contributed by atoms with Gasteiger partial charge in [-0.05, 0) is 99.6 Å². The first kappa shape index (κ1) is 45.9. The molecule has 60 heavy (non-hydrogen) atoms. The van der Waals surface area contributed by atoms with Crippen molar-refractivity contribution >= 4 is 71.6 Å². The lowest BCUT2D eigenvalue weighted by Crippen LogP contribution is -2.13. The molecular formula is C54H66P6. The van der Waals surface area contributed by atoms with E-state index in [0.717, 1.165) is 8.27 Å². The maximum Gasteiger partial charge on any atom is -0.00602 e. The van der Waals surface area contributed by atoms with Gasteiger partial charge < -0.3 is 0 Å². The molecule has 1 aliphatic rings. The van der Waals surface area contributed by atoms with E-state index < -0.39 is 36.8 Å². The Labute approximate surface area is 371 Å². The molecule has 0 radical (unpaired) electrons. The lowest BCUT2D eigenvalue weighted by atomic mass is 10.0. The molecule has 1 saturated heterocycles. The molecule has 6 heteroatoms. The quantitative estimate of drug-likeness (QED) is 0.146. The second-order valence-electron chi connectivity index (χ2n) is 16.1. The van der Waals surface area contributed by atoms with Gasteiger partial charge in [0.1, 0.15) is 0 Å². The normalized spacial score (nSPS) is 23.0. The zero-order chi connectivity index (χ0) is 40.9. The third kappa shape index (κ3) is 13.9. The maximum absolute atomic E-state index is 2.56. The van der Waals surface area contributed by atoms with E-state index in [4.69, 9.17) is 0 Å². The van der Waals surface area contributed by atoms with Crippen LogP contribution in [-0.2, 0) is 0 Å². The van der Waals surface area contributed by atoms with Gasteiger partial charge in [-0.2, -0.15) is 0 Å². The SMILES string of the molecule is c1ccc(-c2ccc(P3CCCCCCCCCCCCCCCCCCPP(c4ccccc4)P(c4ccccc4)P(c4ccccc4)P3c3ccccc3)cc2)cc1. The summed E-state index contributed by atoms with van der Waals surface area (Å²) in [7, 11) is -1.58. The van der Waals surface area contributed by atoms with Crippen molar-refractivity contribution in [3.05, 3.63) is 176 Å². The Morgan fingerprint density at radius 2 is 0.617 bits per heavy atom. The summed E-state index contributed by atoms with van der Waals surface area (Å²) in [5.74, 6) is 0. The smallest absolute Gasteiger partial charge is 0.00602 e. The molecule has 0 nitrogen and oxygen atoms in total. The predicted molar refractivity (Wildman–Crippen MR) is 282 cm³/mol. The highest BCUT2D eigenvalue weighted by Crippen LogP contribution is 3.03. The molecule has 0 spiro atoms. The molecule has 7 rings (SSSR count). The second kappa shape index (κ2) is 26.5. The lowest BCUT2D eigenvalue weighted by Gasteiger charge is -2.43. The highest BCUT2D eigenvalue weighted by Gasteiger charge is 2.41.